The molecule has 0 aliphatic heterocycles. The van der Waals surface area contributed by atoms with Crippen molar-refractivity contribution in [1.82, 2.24) is 4.98 Å². The van der Waals surface area contributed by atoms with E-state index in [1.807, 2.05) is 17.5 Å². The van der Waals surface area contributed by atoms with Crippen molar-refractivity contribution in [3.05, 3.63) is 52.2 Å². The number of nitrogens with zero attached hydrogens (tertiary/aromatic N) is 1. The first kappa shape index (κ1) is 18.3. The highest BCUT2D eigenvalue weighted by Crippen LogP contribution is 2.29. The van der Waals surface area contributed by atoms with Gasteiger partial charge in [-0.05, 0) is 36.6 Å². The Labute approximate surface area is 156 Å². The van der Waals surface area contributed by atoms with Gasteiger partial charge in [0.15, 0.2) is 0 Å². The van der Waals surface area contributed by atoms with Gasteiger partial charge >= 0.3 is 6.61 Å². The molecule has 0 saturated carbocycles. The molecule has 136 valence electrons. The lowest BCUT2D eigenvalue weighted by atomic mass is 10.2. The van der Waals surface area contributed by atoms with Gasteiger partial charge in [-0.2, -0.15) is 8.78 Å². The van der Waals surface area contributed by atoms with Crippen molar-refractivity contribution in [3.63, 3.8) is 0 Å². The number of benzene rings is 1. The molecule has 0 spiro atoms. The molecule has 3 aromatic rings. The molecule has 5 nitrogen and oxygen atoms in total. The first-order valence-electron chi connectivity index (χ1n) is 7.47. The number of hydrogen-bond acceptors (Lipinski definition) is 5. The fourth-order valence-corrected chi connectivity index (χ4v) is 3.10. The molecule has 0 aliphatic rings. The first-order chi connectivity index (χ1) is 12.4. The van der Waals surface area contributed by atoms with Gasteiger partial charge in [-0.1, -0.05) is 17.7 Å². The van der Waals surface area contributed by atoms with Gasteiger partial charge in [0.2, 0.25) is 11.8 Å². The van der Waals surface area contributed by atoms with Crippen molar-refractivity contribution in [3.8, 4) is 16.5 Å². The minimum atomic E-state index is -2.97. The van der Waals surface area contributed by atoms with Crippen molar-refractivity contribution in [2.75, 3.05) is 5.32 Å². The maximum Gasteiger partial charge on any atom is 0.387 e. The quantitative estimate of drug-likeness (QED) is 0.623. The predicted octanol–water partition coefficient (Wildman–Crippen LogP) is 5.15. The van der Waals surface area contributed by atoms with Crippen LogP contribution < -0.4 is 10.1 Å². The van der Waals surface area contributed by atoms with E-state index in [0.717, 1.165) is 4.88 Å². The number of carbonyl (C=O) groups excluding carboxylic acids is 1. The van der Waals surface area contributed by atoms with Crippen molar-refractivity contribution in [2.45, 2.75) is 20.0 Å². The average molecular weight is 399 g/mol. The monoisotopic (exact) mass is 398 g/mol. The largest absolute Gasteiger partial charge is 0.440 e. The van der Waals surface area contributed by atoms with Crippen molar-refractivity contribution in [1.29, 1.82) is 0 Å². The highest BCUT2D eigenvalue weighted by molar-refractivity contribution is 7.13. The SMILES string of the molecule is Cc1oc(-c2cccs2)nc1CC(=O)Nc1ccc(OC(F)F)c(Cl)c1. The lowest BCUT2D eigenvalue weighted by Gasteiger charge is -2.09. The molecule has 1 aromatic carbocycles. The van der Waals surface area contributed by atoms with Crippen LogP contribution in [0.1, 0.15) is 11.5 Å². The summed E-state index contributed by atoms with van der Waals surface area (Å²) >= 11 is 7.36. The molecule has 2 heterocycles. The lowest BCUT2D eigenvalue weighted by Crippen LogP contribution is -2.15. The highest BCUT2D eigenvalue weighted by Gasteiger charge is 2.16. The molecule has 0 unspecified atom stereocenters. The number of ether oxygens (including phenoxy) is 1. The van der Waals surface area contributed by atoms with Crippen LogP contribution in [0.3, 0.4) is 0 Å². The van der Waals surface area contributed by atoms with Crippen LogP contribution >= 0.6 is 22.9 Å². The van der Waals surface area contributed by atoms with Crippen LogP contribution in [0.25, 0.3) is 10.8 Å². The minimum Gasteiger partial charge on any atom is -0.440 e. The summed E-state index contributed by atoms with van der Waals surface area (Å²) in [6.07, 6.45) is 0.00755. The Morgan fingerprint density at radius 3 is 2.88 bits per heavy atom. The molecule has 0 aliphatic carbocycles. The summed E-state index contributed by atoms with van der Waals surface area (Å²) in [6, 6.07) is 7.79. The molecule has 3 rings (SSSR count). The zero-order valence-corrected chi connectivity index (χ0v) is 15.0. The van der Waals surface area contributed by atoms with E-state index in [1.54, 1.807) is 6.92 Å². The van der Waals surface area contributed by atoms with Gasteiger partial charge in [-0.3, -0.25) is 4.79 Å². The van der Waals surface area contributed by atoms with Crippen molar-refractivity contribution >= 4 is 34.5 Å². The van der Waals surface area contributed by atoms with E-state index in [9.17, 15) is 13.6 Å². The summed E-state index contributed by atoms with van der Waals surface area (Å²) in [5, 5.41) is 4.52. The van der Waals surface area contributed by atoms with E-state index < -0.39 is 6.61 Å². The van der Waals surface area contributed by atoms with Gasteiger partial charge in [0, 0.05) is 5.69 Å². The molecule has 1 N–H and O–H groups in total. The normalized spacial score (nSPS) is 11.0. The second-order valence-electron chi connectivity index (χ2n) is 5.25. The molecule has 26 heavy (non-hydrogen) atoms. The molecule has 2 aromatic heterocycles. The topological polar surface area (TPSA) is 64.4 Å². The number of nitrogens with one attached hydrogen (secondary N) is 1. The Bertz CT molecular complexity index is 913. The summed E-state index contributed by atoms with van der Waals surface area (Å²) in [4.78, 5) is 17.4. The van der Waals surface area contributed by atoms with Crippen molar-refractivity contribution < 1.29 is 22.7 Å². The number of carbonyl (C=O) groups is 1. The third-order valence-electron chi connectivity index (χ3n) is 3.38. The Morgan fingerprint density at radius 2 is 2.23 bits per heavy atom. The van der Waals surface area contributed by atoms with E-state index in [0.29, 0.717) is 23.0 Å². The van der Waals surface area contributed by atoms with Crippen LogP contribution in [0, 0.1) is 6.92 Å². The number of rotatable bonds is 6. The number of aromatic nitrogens is 1. The third-order valence-corrected chi connectivity index (χ3v) is 4.54. The van der Waals surface area contributed by atoms with E-state index in [1.165, 1.54) is 29.5 Å². The Hall–Kier alpha value is -2.45. The molecule has 0 saturated heterocycles. The Kier molecular flexibility index (Phi) is 5.53. The van der Waals surface area contributed by atoms with Crippen LogP contribution in [0.2, 0.25) is 5.02 Å². The van der Waals surface area contributed by atoms with Crippen molar-refractivity contribution in [2.24, 2.45) is 0 Å². The van der Waals surface area contributed by atoms with Crippen LogP contribution in [0.15, 0.2) is 40.1 Å². The van der Waals surface area contributed by atoms with Gasteiger partial charge in [0.25, 0.3) is 0 Å². The number of alkyl halides is 2. The number of amides is 1. The summed E-state index contributed by atoms with van der Waals surface area (Å²) in [6.45, 7) is -1.24. The number of oxazole rings is 1. The Morgan fingerprint density at radius 1 is 1.42 bits per heavy atom. The highest BCUT2D eigenvalue weighted by atomic mass is 35.5. The maximum atomic E-state index is 12.2. The fraction of sp³-hybridized carbons (Fsp3) is 0.176. The molecule has 1 amide bonds. The van der Waals surface area contributed by atoms with Gasteiger partial charge in [0.1, 0.15) is 11.5 Å². The summed E-state index contributed by atoms with van der Waals surface area (Å²) < 4.78 is 34.3. The van der Waals surface area contributed by atoms with E-state index in [4.69, 9.17) is 16.0 Å². The van der Waals surface area contributed by atoms with E-state index in [-0.39, 0.29) is 23.1 Å². The number of thiophene rings is 1. The van der Waals surface area contributed by atoms with Gasteiger partial charge in [-0.15, -0.1) is 11.3 Å². The number of halogens is 3. The molecular weight excluding hydrogens is 386 g/mol. The standard InChI is InChI=1S/C17H13ClF2N2O3S/c1-9-12(22-16(24-9)14-3-2-6-26-14)8-15(23)21-10-4-5-13(11(18)7-10)25-17(19)20/h2-7,17H,8H2,1H3,(H,21,23). The van der Waals surface area contributed by atoms with E-state index in [2.05, 4.69) is 15.0 Å². The molecule has 0 atom stereocenters. The lowest BCUT2D eigenvalue weighted by molar-refractivity contribution is -0.115. The zero-order chi connectivity index (χ0) is 18.7. The second-order valence-corrected chi connectivity index (χ2v) is 6.60. The van der Waals surface area contributed by atoms with Crippen LogP contribution in [-0.2, 0) is 11.2 Å². The van der Waals surface area contributed by atoms with Gasteiger partial charge in [0.05, 0.1) is 22.0 Å². The zero-order valence-electron chi connectivity index (χ0n) is 13.5. The smallest absolute Gasteiger partial charge is 0.387 e. The number of aryl methyl sites for hydroxylation is 1. The maximum absolute atomic E-state index is 12.2. The minimum absolute atomic E-state index is 0.00755. The van der Waals surface area contributed by atoms with Crippen LogP contribution in [0.4, 0.5) is 14.5 Å². The second kappa shape index (κ2) is 7.84. The van der Waals surface area contributed by atoms with Crippen LogP contribution in [-0.4, -0.2) is 17.5 Å². The van der Waals surface area contributed by atoms with E-state index >= 15 is 0 Å². The number of anilines is 1. The molecule has 0 radical (unpaired) electrons. The number of hydrogen-bond donors (Lipinski definition) is 1. The molecule has 9 heteroatoms. The average Bonchev–Trinajstić information content (AvgIpc) is 3.20. The predicted molar refractivity (Wildman–Crippen MR) is 95.0 cm³/mol. The van der Waals surface area contributed by atoms with Gasteiger partial charge in [-0.25, -0.2) is 4.98 Å². The molecule has 0 fully saturated rings. The molecular formula is C17H13ClF2N2O3S. The summed E-state index contributed by atoms with van der Waals surface area (Å²) in [5.74, 6) is 0.532. The molecule has 0 bridgehead atoms. The Balaban J connectivity index is 1.67. The summed E-state index contributed by atoms with van der Waals surface area (Å²) in [7, 11) is 0. The fourth-order valence-electron chi connectivity index (χ4n) is 2.23. The van der Waals surface area contributed by atoms with Crippen LogP contribution in [0.5, 0.6) is 5.75 Å². The third kappa shape index (κ3) is 4.39. The summed E-state index contributed by atoms with van der Waals surface area (Å²) in [5.41, 5.74) is 0.885. The van der Waals surface area contributed by atoms with Gasteiger partial charge < -0.3 is 14.5 Å². The first-order valence-corrected chi connectivity index (χ1v) is 8.72.